The van der Waals surface area contributed by atoms with E-state index < -0.39 is 0 Å². The lowest BCUT2D eigenvalue weighted by Crippen LogP contribution is -2.37. The third-order valence-corrected chi connectivity index (χ3v) is 4.59. The molecule has 0 spiro atoms. The van der Waals surface area contributed by atoms with Crippen LogP contribution in [-0.4, -0.2) is 44.9 Å². The molecule has 7 heteroatoms. The number of rotatable bonds is 5. The van der Waals surface area contributed by atoms with Gasteiger partial charge in [0.15, 0.2) is 5.82 Å². The van der Waals surface area contributed by atoms with Crippen molar-refractivity contribution in [1.82, 2.24) is 25.2 Å². The van der Waals surface area contributed by atoms with Gasteiger partial charge in [-0.15, -0.1) is 10.2 Å². The fourth-order valence-corrected chi connectivity index (χ4v) is 3.15. The summed E-state index contributed by atoms with van der Waals surface area (Å²) in [7, 11) is 1.96. The lowest BCUT2D eigenvalue weighted by Gasteiger charge is -2.32. The van der Waals surface area contributed by atoms with Crippen molar-refractivity contribution in [1.29, 1.82) is 0 Å². The van der Waals surface area contributed by atoms with Crippen molar-refractivity contribution in [3.8, 4) is 0 Å². The molecule has 1 unspecified atom stereocenters. The Kier molecular flexibility index (Phi) is 3.72. The van der Waals surface area contributed by atoms with E-state index in [0.717, 1.165) is 42.8 Å². The van der Waals surface area contributed by atoms with E-state index in [4.69, 9.17) is 4.74 Å². The number of fused-ring (bicyclic) bond motifs is 1. The number of anilines is 1. The van der Waals surface area contributed by atoms with Gasteiger partial charge in [0, 0.05) is 26.1 Å². The SMILES string of the molecule is Cc1ccc(N2Cc3nnn(C)c3C(COCC3CC3)C2)nn1. The zero-order valence-electron chi connectivity index (χ0n) is 13.6. The number of nitrogens with zero attached hydrogens (tertiary/aromatic N) is 6. The highest BCUT2D eigenvalue weighted by molar-refractivity contribution is 5.42. The Morgan fingerprint density at radius 1 is 1.17 bits per heavy atom. The Hall–Kier alpha value is -2.02. The van der Waals surface area contributed by atoms with Crippen LogP contribution in [0.25, 0.3) is 0 Å². The van der Waals surface area contributed by atoms with Crippen molar-refractivity contribution in [2.24, 2.45) is 13.0 Å². The summed E-state index contributed by atoms with van der Waals surface area (Å²) in [4.78, 5) is 2.22. The van der Waals surface area contributed by atoms with E-state index in [2.05, 4.69) is 25.4 Å². The third kappa shape index (κ3) is 3.06. The van der Waals surface area contributed by atoms with Gasteiger partial charge in [0.05, 0.1) is 24.5 Å². The Balaban J connectivity index is 1.53. The van der Waals surface area contributed by atoms with E-state index in [0.29, 0.717) is 6.61 Å². The zero-order valence-corrected chi connectivity index (χ0v) is 13.6. The van der Waals surface area contributed by atoms with Gasteiger partial charge in [0.1, 0.15) is 5.69 Å². The van der Waals surface area contributed by atoms with Crippen LogP contribution in [0.3, 0.4) is 0 Å². The molecule has 0 amide bonds. The van der Waals surface area contributed by atoms with Crippen LogP contribution in [-0.2, 0) is 18.3 Å². The van der Waals surface area contributed by atoms with Crippen molar-refractivity contribution >= 4 is 5.82 Å². The molecule has 2 aromatic rings. The zero-order chi connectivity index (χ0) is 15.8. The first-order valence-corrected chi connectivity index (χ1v) is 8.22. The molecule has 1 fully saturated rings. The first kappa shape index (κ1) is 14.6. The second kappa shape index (κ2) is 5.88. The molecule has 4 rings (SSSR count). The molecule has 1 aliphatic carbocycles. The molecule has 1 saturated carbocycles. The van der Waals surface area contributed by atoms with Gasteiger partial charge in [-0.3, -0.25) is 4.68 Å². The summed E-state index contributed by atoms with van der Waals surface area (Å²) in [5.74, 6) is 1.93. The average molecular weight is 314 g/mol. The molecule has 0 saturated heterocycles. The van der Waals surface area contributed by atoms with Crippen LogP contribution in [0.4, 0.5) is 5.82 Å². The molecule has 2 aromatic heterocycles. The summed E-state index contributed by atoms with van der Waals surface area (Å²) in [5, 5.41) is 17.0. The van der Waals surface area contributed by atoms with Crippen molar-refractivity contribution in [2.45, 2.75) is 32.2 Å². The van der Waals surface area contributed by atoms with E-state index in [1.165, 1.54) is 18.5 Å². The standard InChI is InChI=1S/C16H22N6O/c1-11-3-6-15(19-17-11)22-7-13(10-23-9-12-4-5-12)16-14(8-22)18-20-21(16)2/h3,6,12-13H,4-5,7-10H2,1-2H3. The molecule has 7 nitrogen and oxygen atoms in total. The smallest absolute Gasteiger partial charge is 0.151 e. The third-order valence-electron chi connectivity index (χ3n) is 4.59. The molecule has 1 atom stereocenters. The topological polar surface area (TPSA) is 69.0 Å². The Labute approximate surface area is 135 Å². The molecule has 1 aliphatic heterocycles. The number of ether oxygens (including phenoxy) is 1. The summed E-state index contributed by atoms with van der Waals surface area (Å²) < 4.78 is 7.84. The first-order valence-electron chi connectivity index (χ1n) is 8.22. The van der Waals surface area contributed by atoms with Crippen LogP contribution in [0.1, 0.15) is 35.8 Å². The van der Waals surface area contributed by atoms with Gasteiger partial charge in [-0.1, -0.05) is 5.21 Å². The second-order valence-electron chi connectivity index (χ2n) is 6.64. The summed E-state index contributed by atoms with van der Waals surface area (Å²) in [6.07, 6.45) is 2.63. The monoisotopic (exact) mass is 314 g/mol. The highest BCUT2D eigenvalue weighted by Crippen LogP contribution is 2.32. The van der Waals surface area contributed by atoms with E-state index >= 15 is 0 Å². The maximum Gasteiger partial charge on any atom is 0.151 e. The fraction of sp³-hybridized carbons (Fsp3) is 0.625. The maximum atomic E-state index is 5.95. The van der Waals surface area contributed by atoms with Crippen LogP contribution in [0, 0.1) is 12.8 Å². The minimum absolute atomic E-state index is 0.264. The summed E-state index contributed by atoms with van der Waals surface area (Å²) in [6, 6.07) is 4.01. The minimum atomic E-state index is 0.264. The lowest BCUT2D eigenvalue weighted by atomic mass is 9.99. The van der Waals surface area contributed by atoms with Crippen molar-refractivity contribution in [2.75, 3.05) is 24.7 Å². The van der Waals surface area contributed by atoms with E-state index in [-0.39, 0.29) is 5.92 Å². The van der Waals surface area contributed by atoms with Gasteiger partial charge in [0.2, 0.25) is 0 Å². The van der Waals surface area contributed by atoms with Crippen LogP contribution >= 0.6 is 0 Å². The van der Waals surface area contributed by atoms with Crippen molar-refractivity contribution in [3.63, 3.8) is 0 Å². The van der Waals surface area contributed by atoms with Crippen molar-refractivity contribution < 1.29 is 4.74 Å². The van der Waals surface area contributed by atoms with E-state index in [1.54, 1.807) is 0 Å². The summed E-state index contributed by atoms with van der Waals surface area (Å²) in [6.45, 7) is 5.11. The fourth-order valence-electron chi connectivity index (χ4n) is 3.15. The number of hydrogen-bond donors (Lipinski definition) is 0. The number of aromatic nitrogens is 5. The highest BCUT2D eigenvalue weighted by Gasteiger charge is 2.31. The quantitative estimate of drug-likeness (QED) is 0.832. The molecule has 0 aromatic carbocycles. The highest BCUT2D eigenvalue weighted by atomic mass is 16.5. The van der Waals surface area contributed by atoms with Crippen LogP contribution in [0.5, 0.6) is 0 Å². The molecule has 23 heavy (non-hydrogen) atoms. The molecular weight excluding hydrogens is 292 g/mol. The summed E-state index contributed by atoms with van der Waals surface area (Å²) >= 11 is 0. The Bertz CT molecular complexity index is 678. The minimum Gasteiger partial charge on any atom is -0.380 e. The van der Waals surface area contributed by atoms with Gasteiger partial charge in [0.25, 0.3) is 0 Å². The Morgan fingerprint density at radius 3 is 2.78 bits per heavy atom. The summed E-state index contributed by atoms with van der Waals surface area (Å²) in [5.41, 5.74) is 3.13. The van der Waals surface area contributed by atoms with Crippen LogP contribution < -0.4 is 4.90 Å². The first-order chi connectivity index (χ1) is 11.2. The maximum absolute atomic E-state index is 5.95. The molecule has 0 bridgehead atoms. The Morgan fingerprint density at radius 2 is 2.04 bits per heavy atom. The van der Waals surface area contributed by atoms with Gasteiger partial charge < -0.3 is 9.64 Å². The predicted molar refractivity (Wildman–Crippen MR) is 85.1 cm³/mol. The molecule has 0 N–H and O–H groups in total. The van der Waals surface area contributed by atoms with Crippen LogP contribution in [0.2, 0.25) is 0 Å². The molecule has 122 valence electrons. The molecular formula is C16H22N6O. The second-order valence-corrected chi connectivity index (χ2v) is 6.64. The van der Waals surface area contributed by atoms with Crippen LogP contribution in [0.15, 0.2) is 12.1 Å². The van der Waals surface area contributed by atoms with E-state index in [9.17, 15) is 0 Å². The van der Waals surface area contributed by atoms with Gasteiger partial charge in [-0.2, -0.15) is 5.10 Å². The lowest BCUT2D eigenvalue weighted by molar-refractivity contribution is 0.108. The van der Waals surface area contributed by atoms with Gasteiger partial charge in [-0.05, 0) is 37.8 Å². The predicted octanol–water partition coefficient (Wildman–Crippen LogP) is 1.44. The molecule has 0 radical (unpaired) electrons. The normalized spacial score (nSPS) is 20.6. The molecule has 2 aliphatic rings. The van der Waals surface area contributed by atoms with E-state index in [1.807, 2.05) is 30.8 Å². The molecule has 3 heterocycles. The number of hydrogen-bond acceptors (Lipinski definition) is 6. The number of aryl methyl sites for hydroxylation is 2. The van der Waals surface area contributed by atoms with Gasteiger partial charge in [-0.25, -0.2) is 0 Å². The largest absolute Gasteiger partial charge is 0.380 e. The average Bonchev–Trinajstić information content (AvgIpc) is 3.30. The van der Waals surface area contributed by atoms with Gasteiger partial charge >= 0.3 is 0 Å². The van der Waals surface area contributed by atoms with Crippen molar-refractivity contribution in [3.05, 3.63) is 29.2 Å².